The molecule has 0 atom stereocenters. The van der Waals surface area contributed by atoms with E-state index in [0.717, 1.165) is 18.4 Å². The first-order chi connectivity index (χ1) is 16.0. The van der Waals surface area contributed by atoms with E-state index in [1.165, 1.54) is 43.9 Å². The van der Waals surface area contributed by atoms with Gasteiger partial charge < -0.3 is 0 Å². The van der Waals surface area contributed by atoms with E-state index in [4.69, 9.17) is 0 Å². The second kappa shape index (κ2) is 12.6. The highest BCUT2D eigenvalue weighted by Crippen LogP contribution is 2.36. The van der Waals surface area contributed by atoms with E-state index in [9.17, 15) is 17.6 Å². The van der Waals surface area contributed by atoms with E-state index in [1.807, 2.05) is 12.2 Å². The number of alkyl halides is 1. The molecule has 0 aromatic heterocycles. The third-order valence-corrected chi connectivity index (χ3v) is 6.32. The summed E-state index contributed by atoms with van der Waals surface area (Å²) in [5.74, 6) is 2.55. The molecule has 1 aliphatic rings. The fraction of sp³-hybridized carbons (Fsp3) is 0.448. The molecule has 4 heteroatoms. The van der Waals surface area contributed by atoms with Crippen molar-refractivity contribution in [1.29, 1.82) is 0 Å². The van der Waals surface area contributed by atoms with Crippen molar-refractivity contribution >= 4 is 6.08 Å². The van der Waals surface area contributed by atoms with E-state index in [2.05, 4.69) is 18.8 Å². The van der Waals surface area contributed by atoms with Crippen LogP contribution in [0.3, 0.4) is 0 Å². The zero-order valence-electron chi connectivity index (χ0n) is 19.3. The number of rotatable bonds is 8. The largest absolute Gasteiger partial charge is 0.247 e. The van der Waals surface area contributed by atoms with Crippen molar-refractivity contribution in [2.75, 3.05) is 0 Å². The second-order valence-corrected chi connectivity index (χ2v) is 8.87. The second-order valence-electron chi connectivity index (χ2n) is 8.87. The molecule has 0 bridgehead atoms. The smallest absolute Gasteiger partial charge is 0.174 e. The third-order valence-electron chi connectivity index (χ3n) is 6.32. The molecule has 176 valence electrons. The average molecular weight is 457 g/mol. The molecule has 0 spiro atoms. The van der Waals surface area contributed by atoms with Gasteiger partial charge in [0.1, 0.15) is 12.0 Å². The number of hydrogen-bond donors (Lipinski definition) is 0. The molecule has 0 N–H and O–H groups in total. The lowest BCUT2D eigenvalue weighted by Gasteiger charge is -2.25. The number of hydrogen-bond acceptors (Lipinski definition) is 0. The fourth-order valence-electron chi connectivity index (χ4n) is 4.30. The van der Waals surface area contributed by atoms with Gasteiger partial charge in [-0.3, -0.25) is 0 Å². The summed E-state index contributed by atoms with van der Waals surface area (Å²) in [7, 11) is 0. The molecule has 2 aromatic rings. The van der Waals surface area contributed by atoms with Gasteiger partial charge in [0.05, 0.1) is 11.1 Å². The summed E-state index contributed by atoms with van der Waals surface area (Å²) in [5.41, 5.74) is 1.05. The molecule has 0 unspecified atom stereocenters. The summed E-state index contributed by atoms with van der Waals surface area (Å²) in [6, 6.07) is 7.68. The predicted octanol–water partition coefficient (Wildman–Crippen LogP) is 8.87. The van der Waals surface area contributed by atoms with Gasteiger partial charge in [0.25, 0.3) is 0 Å². The molecule has 1 saturated carbocycles. The van der Waals surface area contributed by atoms with Crippen LogP contribution in [-0.4, -0.2) is 6.17 Å². The maximum atomic E-state index is 14.6. The highest BCUT2D eigenvalue weighted by Gasteiger charge is 2.25. The topological polar surface area (TPSA) is 0 Å². The van der Waals surface area contributed by atoms with Gasteiger partial charge >= 0.3 is 0 Å². The van der Waals surface area contributed by atoms with Crippen molar-refractivity contribution in [2.45, 2.75) is 83.2 Å². The van der Waals surface area contributed by atoms with Crippen LogP contribution < -0.4 is 0 Å². The molecule has 1 fully saturated rings. The summed E-state index contributed by atoms with van der Waals surface area (Å²) in [6.07, 6.45) is 11.9. The maximum absolute atomic E-state index is 14.6. The summed E-state index contributed by atoms with van der Waals surface area (Å²) in [5, 5.41) is 0. The number of benzene rings is 2. The van der Waals surface area contributed by atoms with Gasteiger partial charge in [0.2, 0.25) is 0 Å². The number of unbranched alkanes of at least 4 members (excludes halogenated alkanes) is 5. The standard InChI is InChI=1S/C29H32F4/c1-2-3-4-5-6-7-8-9-21-10-11-23(27(31)20-21)12-13-24-16-19-26(29(33)28(24)32)22-14-17-25(30)18-15-22/h8-11,16,19-20,22,25H,2-7,14-15,17-18H2,1H3/b9-8+. The minimum atomic E-state index is -1.03. The Hall–Kier alpha value is -2.54. The summed E-state index contributed by atoms with van der Waals surface area (Å²) in [6.45, 7) is 2.19. The molecule has 1 aliphatic carbocycles. The first kappa shape index (κ1) is 25.1. The normalized spacial score (nSPS) is 18.3. The minimum absolute atomic E-state index is 0.109. The first-order valence-corrected chi connectivity index (χ1v) is 12.1. The van der Waals surface area contributed by atoms with Gasteiger partial charge in [-0.1, -0.05) is 68.7 Å². The summed E-state index contributed by atoms with van der Waals surface area (Å²) < 4.78 is 57.0. The Labute approximate surface area is 195 Å². The van der Waals surface area contributed by atoms with Crippen LogP contribution in [0.4, 0.5) is 17.6 Å². The molecule has 0 aliphatic heterocycles. The highest BCUT2D eigenvalue weighted by molar-refractivity contribution is 5.53. The lowest BCUT2D eigenvalue weighted by Crippen LogP contribution is -2.15. The average Bonchev–Trinajstić information content (AvgIpc) is 2.81. The molecular formula is C29H32F4. The van der Waals surface area contributed by atoms with E-state index in [-0.39, 0.29) is 22.6 Å². The van der Waals surface area contributed by atoms with Crippen LogP contribution in [0.25, 0.3) is 6.08 Å². The molecule has 0 amide bonds. The van der Waals surface area contributed by atoms with Gasteiger partial charge in [0, 0.05) is 0 Å². The molecule has 2 aromatic carbocycles. The zero-order valence-corrected chi connectivity index (χ0v) is 19.3. The molecule has 0 heterocycles. The van der Waals surface area contributed by atoms with Gasteiger partial charge in [-0.05, 0) is 73.8 Å². The van der Waals surface area contributed by atoms with Crippen LogP contribution in [0.15, 0.2) is 36.4 Å². The Morgan fingerprint density at radius 2 is 1.55 bits per heavy atom. The van der Waals surface area contributed by atoms with Crippen LogP contribution in [0.2, 0.25) is 0 Å². The van der Waals surface area contributed by atoms with E-state index < -0.39 is 23.6 Å². The monoisotopic (exact) mass is 456 g/mol. The number of allylic oxidation sites excluding steroid dienone is 1. The van der Waals surface area contributed by atoms with Crippen LogP contribution in [0.5, 0.6) is 0 Å². The Balaban J connectivity index is 1.64. The van der Waals surface area contributed by atoms with Crippen molar-refractivity contribution in [1.82, 2.24) is 0 Å². The summed E-state index contributed by atoms with van der Waals surface area (Å²) >= 11 is 0. The van der Waals surface area contributed by atoms with Gasteiger partial charge in [-0.15, -0.1) is 0 Å². The Morgan fingerprint density at radius 3 is 2.27 bits per heavy atom. The molecule has 3 rings (SSSR count). The number of halogens is 4. The molecular weight excluding hydrogens is 424 g/mol. The molecule has 0 saturated heterocycles. The molecule has 0 nitrogen and oxygen atoms in total. The van der Waals surface area contributed by atoms with Crippen LogP contribution in [-0.2, 0) is 0 Å². The lowest BCUT2D eigenvalue weighted by molar-refractivity contribution is 0.233. The SMILES string of the molecule is CCCCCCC/C=C/c1ccc(C#Cc2ccc(C3CCC(F)CC3)c(F)c2F)c(F)c1. The van der Waals surface area contributed by atoms with Crippen LogP contribution >= 0.6 is 0 Å². The van der Waals surface area contributed by atoms with Gasteiger partial charge in [0.15, 0.2) is 11.6 Å². The van der Waals surface area contributed by atoms with Crippen molar-refractivity contribution in [3.8, 4) is 11.8 Å². The van der Waals surface area contributed by atoms with Gasteiger partial charge in [-0.2, -0.15) is 0 Å². The van der Waals surface area contributed by atoms with Crippen molar-refractivity contribution in [3.63, 3.8) is 0 Å². The lowest BCUT2D eigenvalue weighted by atomic mass is 9.82. The predicted molar refractivity (Wildman–Crippen MR) is 127 cm³/mol. The Bertz CT molecular complexity index is 1000. The molecule has 33 heavy (non-hydrogen) atoms. The highest BCUT2D eigenvalue weighted by atomic mass is 19.2. The molecule has 0 radical (unpaired) electrons. The Kier molecular flexibility index (Phi) is 9.61. The fourth-order valence-corrected chi connectivity index (χ4v) is 4.30. The Morgan fingerprint density at radius 1 is 0.848 bits per heavy atom. The van der Waals surface area contributed by atoms with Crippen molar-refractivity contribution < 1.29 is 17.6 Å². The van der Waals surface area contributed by atoms with Crippen molar-refractivity contribution in [2.24, 2.45) is 0 Å². The van der Waals surface area contributed by atoms with E-state index in [1.54, 1.807) is 12.1 Å². The summed E-state index contributed by atoms with van der Waals surface area (Å²) in [4.78, 5) is 0. The quantitative estimate of drug-likeness (QED) is 0.211. The van der Waals surface area contributed by atoms with Crippen molar-refractivity contribution in [3.05, 3.63) is 76.1 Å². The van der Waals surface area contributed by atoms with Crippen LogP contribution in [0.1, 0.15) is 99.3 Å². The maximum Gasteiger partial charge on any atom is 0.174 e. The van der Waals surface area contributed by atoms with Crippen LogP contribution in [0, 0.1) is 29.3 Å². The third kappa shape index (κ3) is 7.22. The first-order valence-electron chi connectivity index (χ1n) is 12.1. The van der Waals surface area contributed by atoms with Gasteiger partial charge in [-0.25, -0.2) is 17.6 Å². The zero-order chi connectivity index (χ0) is 23.6. The van der Waals surface area contributed by atoms with E-state index in [0.29, 0.717) is 25.7 Å². The minimum Gasteiger partial charge on any atom is -0.247 e. The van der Waals surface area contributed by atoms with E-state index >= 15 is 0 Å².